The van der Waals surface area contributed by atoms with E-state index in [0.717, 1.165) is 46.1 Å². The molecule has 0 spiro atoms. The summed E-state index contributed by atoms with van der Waals surface area (Å²) in [6, 6.07) is 12.0. The highest BCUT2D eigenvalue weighted by Gasteiger charge is 2.13. The van der Waals surface area contributed by atoms with Gasteiger partial charge in [0.25, 0.3) is 0 Å². The predicted molar refractivity (Wildman–Crippen MR) is 98.4 cm³/mol. The first-order chi connectivity index (χ1) is 12.1. The fraction of sp³-hybridized carbons (Fsp3) is 0.286. The van der Waals surface area contributed by atoms with E-state index in [1.165, 1.54) is 0 Å². The van der Waals surface area contributed by atoms with Crippen molar-refractivity contribution in [3.8, 4) is 0 Å². The molecule has 0 saturated carbocycles. The number of ether oxygens (including phenoxy) is 1. The third-order valence-electron chi connectivity index (χ3n) is 4.40. The number of carbonyl (C=O) groups excluding carboxylic acids is 1. The van der Waals surface area contributed by atoms with Crippen LogP contribution in [0.3, 0.4) is 0 Å². The van der Waals surface area contributed by atoms with Gasteiger partial charge in [0.2, 0.25) is 0 Å². The van der Waals surface area contributed by atoms with Gasteiger partial charge >= 0.3 is 5.97 Å². The topological polar surface area (TPSA) is 52.1 Å². The van der Waals surface area contributed by atoms with Crippen LogP contribution in [-0.4, -0.2) is 22.5 Å². The SMILES string of the molecule is Cc1nc2ccccc2c(C)c1CC(=O)OCCCc1cccnc1. The molecule has 0 unspecified atom stereocenters. The number of hydrogen-bond donors (Lipinski definition) is 0. The number of esters is 1. The van der Waals surface area contributed by atoms with Gasteiger partial charge < -0.3 is 4.74 Å². The molecular weight excluding hydrogens is 312 g/mol. The van der Waals surface area contributed by atoms with E-state index in [9.17, 15) is 4.79 Å². The summed E-state index contributed by atoms with van der Waals surface area (Å²) in [5.41, 5.74) is 5.09. The van der Waals surface area contributed by atoms with Gasteiger partial charge in [0.15, 0.2) is 0 Å². The molecule has 1 aromatic carbocycles. The smallest absolute Gasteiger partial charge is 0.310 e. The van der Waals surface area contributed by atoms with Gasteiger partial charge in [-0.05, 0) is 55.5 Å². The molecule has 2 aromatic heterocycles. The van der Waals surface area contributed by atoms with Crippen molar-refractivity contribution >= 4 is 16.9 Å². The molecule has 0 saturated heterocycles. The third kappa shape index (κ3) is 4.21. The number of para-hydroxylation sites is 1. The van der Waals surface area contributed by atoms with E-state index >= 15 is 0 Å². The Morgan fingerprint density at radius 2 is 1.96 bits per heavy atom. The molecular formula is C21H22N2O2. The van der Waals surface area contributed by atoms with Crippen LogP contribution in [0.5, 0.6) is 0 Å². The molecule has 0 aliphatic rings. The number of fused-ring (bicyclic) bond motifs is 1. The summed E-state index contributed by atoms with van der Waals surface area (Å²) in [6.07, 6.45) is 5.52. The Balaban J connectivity index is 1.58. The molecule has 0 radical (unpaired) electrons. The first kappa shape index (κ1) is 17.1. The van der Waals surface area contributed by atoms with Gasteiger partial charge in [-0.25, -0.2) is 0 Å². The van der Waals surface area contributed by atoms with Crippen LogP contribution in [0.15, 0.2) is 48.8 Å². The number of aromatic nitrogens is 2. The van der Waals surface area contributed by atoms with Crippen LogP contribution < -0.4 is 0 Å². The zero-order valence-corrected chi connectivity index (χ0v) is 14.7. The van der Waals surface area contributed by atoms with Gasteiger partial charge in [0.05, 0.1) is 18.5 Å². The maximum atomic E-state index is 12.2. The Labute approximate surface area is 147 Å². The number of aryl methyl sites for hydroxylation is 3. The minimum absolute atomic E-state index is 0.200. The Morgan fingerprint density at radius 1 is 1.12 bits per heavy atom. The quantitative estimate of drug-likeness (QED) is 0.506. The van der Waals surface area contributed by atoms with Crippen molar-refractivity contribution in [3.63, 3.8) is 0 Å². The third-order valence-corrected chi connectivity index (χ3v) is 4.40. The normalized spacial score (nSPS) is 10.8. The van der Waals surface area contributed by atoms with E-state index in [0.29, 0.717) is 6.61 Å². The van der Waals surface area contributed by atoms with Crippen molar-refractivity contribution in [3.05, 3.63) is 71.2 Å². The molecule has 3 rings (SSSR count). The highest BCUT2D eigenvalue weighted by Crippen LogP contribution is 2.23. The second-order valence-corrected chi connectivity index (χ2v) is 6.18. The number of rotatable bonds is 6. The van der Waals surface area contributed by atoms with Crippen LogP contribution in [0, 0.1) is 13.8 Å². The Morgan fingerprint density at radius 3 is 2.76 bits per heavy atom. The molecule has 3 aromatic rings. The monoisotopic (exact) mass is 334 g/mol. The molecule has 0 atom stereocenters. The van der Waals surface area contributed by atoms with Crippen molar-refractivity contribution in [1.29, 1.82) is 0 Å². The lowest BCUT2D eigenvalue weighted by Gasteiger charge is -2.12. The standard InChI is InChI=1S/C21H22N2O2/c1-15-18-9-3-4-10-20(18)23-16(2)19(15)13-21(24)25-12-6-8-17-7-5-11-22-14-17/h3-5,7,9-11,14H,6,8,12-13H2,1-2H3. The van der Waals surface area contributed by atoms with Crippen molar-refractivity contribution in [2.24, 2.45) is 0 Å². The summed E-state index contributed by atoms with van der Waals surface area (Å²) in [7, 11) is 0. The molecule has 0 bridgehead atoms. The average Bonchev–Trinajstić information content (AvgIpc) is 2.63. The summed E-state index contributed by atoms with van der Waals surface area (Å²) in [5.74, 6) is -0.200. The summed E-state index contributed by atoms with van der Waals surface area (Å²) in [5, 5.41) is 1.09. The van der Waals surface area contributed by atoms with E-state index in [-0.39, 0.29) is 12.4 Å². The zero-order valence-electron chi connectivity index (χ0n) is 14.7. The Bertz CT molecular complexity index is 876. The summed E-state index contributed by atoms with van der Waals surface area (Å²) in [4.78, 5) is 20.9. The zero-order chi connectivity index (χ0) is 17.6. The largest absolute Gasteiger partial charge is 0.465 e. The van der Waals surface area contributed by atoms with Gasteiger partial charge in [-0.1, -0.05) is 24.3 Å². The second kappa shape index (κ2) is 7.88. The molecule has 128 valence electrons. The number of pyridine rings is 2. The van der Waals surface area contributed by atoms with Crippen LogP contribution in [-0.2, 0) is 22.4 Å². The average molecular weight is 334 g/mol. The number of hydrogen-bond acceptors (Lipinski definition) is 4. The van der Waals surface area contributed by atoms with E-state index in [1.54, 1.807) is 6.20 Å². The maximum absolute atomic E-state index is 12.2. The fourth-order valence-electron chi connectivity index (χ4n) is 3.03. The predicted octanol–water partition coefficient (Wildman–Crippen LogP) is 3.97. The Hall–Kier alpha value is -2.75. The summed E-state index contributed by atoms with van der Waals surface area (Å²) < 4.78 is 5.40. The summed E-state index contributed by atoms with van der Waals surface area (Å²) >= 11 is 0. The van der Waals surface area contributed by atoms with Crippen LogP contribution in [0.25, 0.3) is 10.9 Å². The lowest BCUT2D eigenvalue weighted by atomic mass is 10.00. The molecule has 4 nitrogen and oxygen atoms in total. The van der Waals surface area contributed by atoms with Crippen molar-refractivity contribution in [2.75, 3.05) is 6.61 Å². The molecule has 4 heteroatoms. The van der Waals surface area contributed by atoms with Crippen LogP contribution in [0.2, 0.25) is 0 Å². The van der Waals surface area contributed by atoms with Gasteiger partial charge in [-0.15, -0.1) is 0 Å². The highest BCUT2D eigenvalue weighted by atomic mass is 16.5. The highest BCUT2D eigenvalue weighted by molar-refractivity contribution is 5.85. The molecule has 0 aliphatic heterocycles. The van der Waals surface area contributed by atoms with E-state index in [2.05, 4.69) is 9.97 Å². The molecule has 0 aliphatic carbocycles. The fourth-order valence-corrected chi connectivity index (χ4v) is 3.03. The lowest BCUT2D eigenvalue weighted by molar-refractivity contribution is -0.142. The van der Waals surface area contributed by atoms with Gasteiger partial charge in [-0.3, -0.25) is 14.8 Å². The van der Waals surface area contributed by atoms with Gasteiger partial charge in [-0.2, -0.15) is 0 Å². The van der Waals surface area contributed by atoms with E-state index in [1.807, 2.05) is 56.4 Å². The van der Waals surface area contributed by atoms with Crippen molar-refractivity contribution in [1.82, 2.24) is 9.97 Å². The van der Waals surface area contributed by atoms with Crippen molar-refractivity contribution in [2.45, 2.75) is 33.1 Å². The minimum Gasteiger partial charge on any atom is -0.465 e. The lowest BCUT2D eigenvalue weighted by Crippen LogP contribution is -2.12. The Kier molecular flexibility index (Phi) is 5.39. The van der Waals surface area contributed by atoms with Crippen LogP contribution in [0.4, 0.5) is 0 Å². The minimum atomic E-state index is -0.200. The first-order valence-corrected chi connectivity index (χ1v) is 8.54. The van der Waals surface area contributed by atoms with Gasteiger partial charge in [0.1, 0.15) is 0 Å². The van der Waals surface area contributed by atoms with Crippen LogP contribution in [0.1, 0.15) is 28.8 Å². The van der Waals surface area contributed by atoms with E-state index < -0.39 is 0 Å². The van der Waals surface area contributed by atoms with Gasteiger partial charge in [0, 0.05) is 23.5 Å². The summed E-state index contributed by atoms with van der Waals surface area (Å²) in [6.45, 7) is 4.42. The molecule has 2 heterocycles. The van der Waals surface area contributed by atoms with Crippen LogP contribution >= 0.6 is 0 Å². The number of benzene rings is 1. The van der Waals surface area contributed by atoms with E-state index in [4.69, 9.17) is 4.74 Å². The number of nitrogens with zero attached hydrogens (tertiary/aromatic N) is 2. The maximum Gasteiger partial charge on any atom is 0.310 e. The second-order valence-electron chi connectivity index (χ2n) is 6.18. The molecule has 0 N–H and O–H groups in total. The van der Waals surface area contributed by atoms with Crippen molar-refractivity contribution < 1.29 is 9.53 Å². The first-order valence-electron chi connectivity index (χ1n) is 8.54. The number of carbonyl (C=O) groups is 1. The molecule has 25 heavy (non-hydrogen) atoms. The molecule has 0 fully saturated rings. The molecule has 0 amide bonds.